The van der Waals surface area contributed by atoms with E-state index < -0.39 is 35.4 Å². The molecular weight excluding hydrogens is 1790 g/mol. The maximum Gasteiger partial charge on any atom is 1.00 e. The number of Topliss-reactive ketones (excluding diaryl/α,β-unsaturated/α-hetero) is 1. The van der Waals surface area contributed by atoms with Gasteiger partial charge in [0, 0.05) is 43.4 Å². The Morgan fingerprint density at radius 1 is 0.362 bits per heavy atom. The van der Waals surface area contributed by atoms with Gasteiger partial charge in [0.2, 0.25) is 10.4 Å². The first kappa shape index (κ1) is 117. The summed E-state index contributed by atoms with van der Waals surface area (Å²) in [4.78, 5) is 14.4. The molecule has 796 valence electrons. The average Bonchev–Trinajstić information content (AvgIpc) is 1.58. The number of carbonyl (C=O) groups is 1. The Bertz CT molecular complexity index is 3970. The van der Waals surface area contributed by atoms with Crippen molar-refractivity contribution in [1.29, 1.82) is 0 Å². The van der Waals surface area contributed by atoms with E-state index in [4.69, 9.17) is 13.3 Å². The molecule has 138 heavy (non-hydrogen) atoms. The van der Waals surface area contributed by atoms with Gasteiger partial charge in [0.25, 0.3) is 0 Å². The van der Waals surface area contributed by atoms with Crippen LogP contribution in [0.5, 0.6) is 0 Å². The van der Waals surface area contributed by atoms with Gasteiger partial charge >= 0.3 is 29.6 Å². The minimum absolute atomic E-state index is 0. The van der Waals surface area contributed by atoms with Crippen molar-refractivity contribution in [2.24, 2.45) is 209 Å². The Labute approximate surface area is 873 Å². The van der Waals surface area contributed by atoms with Gasteiger partial charge in [-0.1, -0.05) is 212 Å². The predicted octanol–water partition coefficient (Wildman–Crippen LogP) is 25.7. The number of ketones is 1. The molecule has 0 aliphatic heterocycles. The molecule has 43 atom stereocenters. The minimum atomic E-state index is -4.64. The second-order valence-electron chi connectivity index (χ2n) is 58.6. The smallest absolute Gasteiger partial charge is 0.726 e. The quantitative estimate of drug-likeness (QED) is 0.0300. The summed E-state index contributed by atoms with van der Waals surface area (Å²) in [6.07, 6.45) is 43.3. The molecule has 0 saturated heterocycles. The average molecular weight is 2010 g/mol. The molecule has 0 spiro atoms. The number of aliphatic hydroxyl groups is 6. The van der Waals surface area contributed by atoms with Crippen LogP contribution in [0.1, 0.15) is 418 Å². The van der Waals surface area contributed by atoms with E-state index >= 15 is 0 Å². The molecular formula is C119H217NaO14SSi3. The number of fused-ring (bicyclic) bond motifs is 20. The minimum Gasteiger partial charge on any atom is -0.726 e. The molecule has 0 amide bonds. The van der Waals surface area contributed by atoms with Crippen molar-refractivity contribution >= 4 is 41.1 Å². The molecule has 20 unspecified atom stereocenters. The summed E-state index contributed by atoms with van der Waals surface area (Å²) >= 11 is 0. The Morgan fingerprint density at radius 2 is 0.630 bits per heavy atom. The molecule has 14 nitrogen and oxygen atoms in total. The normalized spacial score (nSPS) is 46.8. The zero-order chi connectivity index (χ0) is 101. The van der Waals surface area contributed by atoms with Gasteiger partial charge < -0.3 is 48.5 Å². The van der Waals surface area contributed by atoms with Gasteiger partial charge in [-0.2, -0.15) is 0 Å². The first-order valence-electron chi connectivity index (χ1n) is 58.7. The number of hydrogen-bond donors (Lipinski definition) is 6. The summed E-state index contributed by atoms with van der Waals surface area (Å²) in [5.41, 5.74) is 2.39. The maximum atomic E-state index is 14.4. The van der Waals surface area contributed by atoms with Gasteiger partial charge in [-0.3, -0.25) is 8.98 Å². The SMILES string of the molecule is CCC[C@@H](C)C1CCC2C3C(CC[C@@]21C)[C@@]1(C)CC[C@@H](O[Si](C)(C)C(C)(C)C)CC1[C@@H](CC)[C@H]3O.CC[C@@H]1C2C[C@H](O)CC[C@]2(C)C2CC[C@@]3(C)C(CCC3[C@H](C)CCOS(=O)(=O)[O-])C2[C@@H]1O.CC[C@@H]1C2C[C@H](O[Si](C)(C)C(C)(C)C)CC[C@]2(C)C2CC[C@@]3(C)C(CCC3[C@H](C)CCO)C2[C@@H]1O.CC[C@H]1C(=O)C2C3CCC([C@H](C)CCO)[C@@]3(C)CCC2[C@@]2(C)CC[C@@H](O[Si](C)(C)C(C)(C)C)CC12.[Na+]. The maximum absolute atomic E-state index is 14.4. The first-order valence-corrected chi connectivity index (χ1v) is 68.7. The van der Waals surface area contributed by atoms with E-state index in [1.54, 1.807) is 0 Å². The van der Waals surface area contributed by atoms with Crippen LogP contribution in [0.3, 0.4) is 0 Å². The molecule has 0 bridgehead atoms. The Morgan fingerprint density at radius 3 is 0.942 bits per heavy atom. The zero-order valence-electron chi connectivity index (χ0n) is 95.3. The van der Waals surface area contributed by atoms with Crippen LogP contribution >= 0.6 is 0 Å². The van der Waals surface area contributed by atoms with Crippen LogP contribution in [0.4, 0.5) is 0 Å². The van der Waals surface area contributed by atoms with Gasteiger partial charge in [0.1, 0.15) is 5.78 Å². The van der Waals surface area contributed by atoms with E-state index in [0.29, 0.717) is 190 Å². The monoisotopic (exact) mass is 2010 g/mol. The van der Waals surface area contributed by atoms with Gasteiger partial charge in [-0.15, -0.1) is 0 Å². The summed E-state index contributed by atoms with van der Waals surface area (Å²) in [5, 5.41) is 66.3. The number of hydrogen-bond acceptors (Lipinski definition) is 14. The third kappa shape index (κ3) is 21.5. The van der Waals surface area contributed by atoms with Gasteiger partial charge in [0.15, 0.2) is 25.0 Å². The second-order valence-corrected chi connectivity index (χ2v) is 73.9. The summed E-state index contributed by atoms with van der Waals surface area (Å²) in [6, 6.07) is 0. The van der Waals surface area contributed by atoms with Crippen LogP contribution in [-0.4, -0.2) is 137 Å². The molecule has 16 rings (SSSR count). The summed E-state index contributed by atoms with van der Waals surface area (Å²) in [5.74, 6) is 15.4. The predicted molar refractivity (Wildman–Crippen MR) is 570 cm³/mol. The van der Waals surface area contributed by atoms with Crippen molar-refractivity contribution in [2.45, 2.75) is 515 Å². The largest absolute Gasteiger partial charge is 1.00 e. The van der Waals surface area contributed by atoms with E-state index in [1.807, 2.05) is 0 Å². The van der Waals surface area contributed by atoms with E-state index in [2.05, 4.69) is 223 Å². The molecule has 0 heterocycles. The van der Waals surface area contributed by atoms with E-state index in [0.717, 1.165) is 114 Å². The van der Waals surface area contributed by atoms with Crippen LogP contribution in [0.15, 0.2) is 0 Å². The van der Waals surface area contributed by atoms with Crippen molar-refractivity contribution in [3.63, 3.8) is 0 Å². The number of carbonyl (C=O) groups excluding carboxylic acids is 1. The Balaban J connectivity index is 0.000000165. The topological polar surface area (TPSA) is 233 Å². The van der Waals surface area contributed by atoms with Crippen LogP contribution < -0.4 is 29.6 Å². The van der Waals surface area contributed by atoms with E-state index in [9.17, 15) is 48.4 Å². The van der Waals surface area contributed by atoms with E-state index in [-0.39, 0.29) is 121 Å². The van der Waals surface area contributed by atoms with Crippen molar-refractivity contribution in [3.8, 4) is 0 Å². The van der Waals surface area contributed by atoms with E-state index in [1.165, 1.54) is 135 Å². The molecule has 16 aliphatic carbocycles. The fourth-order valence-electron chi connectivity index (χ4n) is 39.5. The second kappa shape index (κ2) is 43.8. The van der Waals surface area contributed by atoms with Crippen LogP contribution in [-0.2, 0) is 32.7 Å². The third-order valence-corrected chi connectivity index (χ3v) is 63.9. The molecule has 0 aromatic heterocycles. The fraction of sp³-hybridized carbons (Fsp3) is 0.992. The van der Waals surface area contributed by atoms with Gasteiger partial charge in [-0.25, -0.2) is 8.42 Å². The van der Waals surface area contributed by atoms with Crippen molar-refractivity contribution in [2.75, 3.05) is 19.8 Å². The summed E-state index contributed by atoms with van der Waals surface area (Å²) in [7, 11) is -10.0. The Kier molecular flexibility index (Phi) is 37.3. The van der Waals surface area contributed by atoms with Crippen molar-refractivity contribution in [1.82, 2.24) is 0 Å². The molecule has 16 fully saturated rings. The van der Waals surface area contributed by atoms with Crippen LogP contribution in [0.2, 0.25) is 54.4 Å². The third-order valence-electron chi connectivity index (χ3n) is 49.8. The molecule has 19 heteroatoms. The first-order chi connectivity index (χ1) is 63.5. The number of rotatable bonds is 24. The fourth-order valence-corrected chi connectivity index (χ4v) is 44.0. The summed E-state index contributed by atoms with van der Waals surface area (Å²) < 4.78 is 57.9. The van der Waals surface area contributed by atoms with Crippen LogP contribution in [0.25, 0.3) is 0 Å². The molecule has 0 aromatic carbocycles. The molecule has 16 aliphatic rings. The summed E-state index contributed by atoms with van der Waals surface area (Å²) in [6.45, 7) is 77.5. The molecule has 0 radical (unpaired) electrons. The van der Waals surface area contributed by atoms with Crippen molar-refractivity contribution < 1.29 is 95.4 Å². The van der Waals surface area contributed by atoms with Crippen molar-refractivity contribution in [3.05, 3.63) is 0 Å². The van der Waals surface area contributed by atoms with Crippen LogP contribution in [0, 0.1) is 209 Å². The molecule has 6 N–H and O–H groups in total. The molecule has 16 saturated carbocycles. The Hall–Kier alpha value is 0.831. The van der Waals surface area contributed by atoms with Gasteiger partial charge in [-0.05, 0) is 457 Å². The molecule has 0 aromatic rings. The van der Waals surface area contributed by atoms with Gasteiger partial charge in [0.05, 0.1) is 31.0 Å². The zero-order valence-corrected chi connectivity index (χ0v) is 101. The number of aliphatic hydroxyl groups excluding tert-OH is 6. The standard InChI is InChI=1S/C32H60O2Si.C31H58O3Si.C31H56O3Si.C25H44O6S.Na/c1-11-13-21(3)24-14-15-25-28-26(17-19-31(24,25)7)32(8)18-16-22(34-35(9,10)30(4,5)6)20-27(32)23(12-2)29(28)33;2*1-10-22-26-19-21(34-35(8,9)29(3,4)5)13-16-31(26,7)25-14-17-30(6)23(20(2)15-18-32)11-12-24(30)27(25)28(22)33;1-5-17-21-14-16(26)8-11-25(21,4)20-9-12-24(3)18(6-7-19(24)22(20)23(17)27)15(2)10-13-31-32(28,29)30;/h21-29,33H,11-20H2,1-10H3;20-28,32-33H,10-19H2,1-9H3;20-27,32H,10-19H2,1-9H3;15-23,26-27H,5-14H2,1-4H3,(H,28,29,30);/q;;;;+1/p-1/t21-,22-,23-,24?,25?,26?,27?,28?,29-,31-,32-;20-,21-,22-,23?,24?,25?,26?,27?,28-,30-,31-;20-,21-,22-,23?,24?,25?,26?,27?,30-,31-;15-,16-,17-,18?,19?,20?,21?,22?,23-,24-,25-;/m1111./s1.